The summed E-state index contributed by atoms with van der Waals surface area (Å²) in [6.45, 7) is 5.35. The number of aliphatic imine (C=N–C) groups is 1. The van der Waals surface area contributed by atoms with Crippen LogP contribution < -0.4 is 5.32 Å². The Hall–Kier alpha value is -0.780. The van der Waals surface area contributed by atoms with Crippen molar-refractivity contribution < 1.29 is 8.42 Å². The molecule has 1 aliphatic carbocycles. The maximum absolute atomic E-state index is 11.3. The smallest absolute Gasteiger partial charge is 0.193 e. The van der Waals surface area contributed by atoms with E-state index in [2.05, 4.69) is 22.1 Å². The zero-order valence-electron chi connectivity index (χ0n) is 14.8. The Morgan fingerprint density at radius 2 is 1.78 bits per heavy atom. The van der Waals surface area contributed by atoms with E-state index in [4.69, 9.17) is 0 Å². The molecule has 0 aromatic heterocycles. The Morgan fingerprint density at radius 3 is 2.39 bits per heavy atom. The molecule has 23 heavy (non-hydrogen) atoms. The van der Waals surface area contributed by atoms with Crippen molar-refractivity contribution >= 4 is 15.8 Å². The van der Waals surface area contributed by atoms with Crippen molar-refractivity contribution in [1.29, 1.82) is 0 Å². The van der Waals surface area contributed by atoms with E-state index in [1.165, 1.54) is 57.6 Å². The highest BCUT2D eigenvalue weighted by Crippen LogP contribution is 2.42. The summed E-state index contributed by atoms with van der Waals surface area (Å²) in [4.78, 5) is 6.95. The quantitative estimate of drug-likeness (QED) is 0.629. The molecule has 2 fully saturated rings. The molecule has 0 bridgehead atoms. The summed E-state index contributed by atoms with van der Waals surface area (Å²) in [5.41, 5.74) is 0.460. The zero-order chi connectivity index (χ0) is 16.8. The second-order valence-electron chi connectivity index (χ2n) is 7.30. The number of piperidine rings is 1. The highest BCUT2D eigenvalue weighted by atomic mass is 32.2. The molecule has 1 spiro atoms. The average Bonchev–Trinajstić information content (AvgIpc) is 2.71. The maximum atomic E-state index is 11.3. The summed E-state index contributed by atoms with van der Waals surface area (Å²) in [5, 5.41) is 3.36. The number of nitrogens with one attached hydrogen (secondary N) is 1. The lowest BCUT2D eigenvalue weighted by molar-refractivity contribution is 0.115. The van der Waals surface area contributed by atoms with Gasteiger partial charge in [0.1, 0.15) is 9.84 Å². The molecule has 1 saturated carbocycles. The number of likely N-dealkylation sites (tertiary alicyclic amines) is 1. The standard InChI is InChI=1S/C17H33N3O2S/c1-3-18-16(19-12-14-23(2,21)22)20-13-8-11-17(15-20)9-6-4-5-7-10-17/h3-15H2,1-2H3,(H,18,19). The fraction of sp³-hybridized carbons (Fsp3) is 0.941. The molecule has 2 aliphatic rings. The van der Waals surface area contributed by atoms with Gasteiger partial charge < -0.3 is 10.2 Å². The minimum absolute atomic E-state index is 0.126. The molecular formula is C17H33N3O2S. The first-order valence-electron chi connectivity index (χ1n) is 9.15. The number of nitrogens with zero attached hydrogens (tertiary/aromatic N) is 2. The third-order valence-electron chi connectivity index (χ3n) is 5.18. The van der Waals surface area contributed by atoms with E-state index in [0.29, 0.717) is 12.0 Å². The summed E-state index contributed by atoms with van der Waals surface area (Å²) in [5.74, 6) is 1.03. The number of rotatable bonds is 4. The number of sulfone groups is 1. The van der Waals surface area contributed by atoms with Gasteiger partial charge in [-0.15, -0.1) is 0 Å². The van der Waals surface area contributed by atoms with Crippen LogP contribution in [0.2, 0.25) is 0 Å². The lowest BCUT2D eigenvalue weighted by Gasteiger charge is -2.44. The van der Waals surface area contributed by atoms with Crippen LogP contribution in [-0.2, 0) is 9.84 Å². The molecule has 0 unspecified atom stereocenters. The van der Waals surface area contributed by atoms with E-state index < -0.39 is 9.84 Å². The van der Waals surface area contributed by atoms with Gasteiger partial charge in [0.2, 0.25) is 0 Å². The normalized spacial score (nSPS) is 22.9. The van der Waals surface area contributed by atoms with Crippen LogP contribution >= 0.6 is 0 Å². The van der Waals surface area contributed by atoms with Crippen LogP contribution in [0.5, 0.6) is 0 Å². The van der Waals surface area contributed by atoms with E-state index in [0.717, 1.165) is 25.6 Å². The van der Waals surface area contributed by atoms with Crippen molar-refractivity contribution in [3.05, 3.63) is 0 Å². The van der Waals surface area contributed by atoms with Gasteiger partial charge >= 0.3 is 0 Å². The molecular weight excluding hydrogens is 310 g/mol. The van der Waals surface area contributed by atoms with Crippen molar-refractivity contribution in [1.82, 2.24) is 10.2 Å². The minimum Gasteiger partial charge on any atom is -0.357 e. The van der Waals surface area contributed by atoms with Crippen LogP contribution in [0.3, 0.4) is 0 Å². The molecule has 134 valence electrons. The Balaban J connectivity index is 2.04. The van der Waals surface area contributed by atoms with Crippen LogP contribution in [0, 0.1) is 5.41 Å². The lowest BCUT2D eigenvalue weighted by atomic mass is 9.74. The van der Waals surface area contributed by atoms with Crippen molar-refractivity contribution in [2.45, 2.75) is 58.3 Å². The predicted octanol–water partition coefficient (Wildman–Crippen LogP) is 2.43. The predicted molar refractivity (Wildman–Crippen MR) is 96.6 cm³/mol. The third kappa shape index (κ3) is 5.98. The molecule has 0 atom stereocenters. The van der Waals surface area contributed by atoms with Gasteiger partial charge in [-0.2, -0.15) is 0 Å². The Bertz CT molecular complexity index is 494. The van der Waals surface area contributed by atoms with Gasteiger partial charge in [0.05, 0.1) is 12.3 Å². The SMILES string of the molecule is CCNC(=NCCS(C)(=O)=O)N1CCCC2(CCCCCC2)C1. The molecule has 6 heteroatoms. The van der Waals surface area contributed by atoms with Gasteiger partial charge in [-0.3, -0.25) is 4.99 Å². The fourth-order valence-electron chi connectivity index (χ4n) is 4.02. The van der Waals surface area contributed by atoms with Gasteiger partial charge in [0.15, 0.2) is 5.96 Å². The summed E-state index contributed by atoms with van der Waals surface area (Å²) in [7, 11) is -2.95. The molecule has 1 aliphatic heterocycles. The maximum Gasteiger partial charge on any atom is 0.193 e. The van der Waals surface area contributed by atoms with Gasteiger partial charge in [0.25, 0.3) is 0 Å². The molecule has 0 radical (unpaired) electrons. The van der Waals surface area contributed by atoms with E-state index in [-0.39, 0.29) is 5.75 Å². The monoisotopic (exact) mass is 343 g/mol. The molecule has 5 nitrogen and oxygen atoms in total. The first kappa shape index (κ1) is 18.6. The van der Waals surface area contributed by atoms with Gasteiger partial charge in [-0.1, -0.05) is 25.7 Å². The van der Waals surface area contributed by atoms with Crippen molar-refractivity contribution in [2.75, 3.05) is 38.2 Å². The molecule has 1 N–H and O–H groups in total. The van der Waals surface area contributed by atoms with E-state index >= 15 is 0 Å². The van der Waals surface area contributed by atoms with E-state index in [9.17, 15) is 8.42 Å². The summed E-state index contributed by atoms with van der Waals surface area (Å²) >= 11 is 0. The van der Waals surface area contributed by atoms with Crippen LogP contribution in [0.15, 0.2) is 4.99 Å². The Kier molecular flexibility index (Phi) is 6.74. The summed E-state index contributed by atoms with van der Waals surface area (Å²) < 4.78 is 22.6. The Labute approximate surface area is 141 Å². The van der Waals surface area contributed by atoms with E-state index in [1.807, 2.05) is 0 Å². The summed E-state index contributed by atoms with van der Waals surface area (Å²) in [6, 6.07) is 0. The second-order valence-corrected chi connectivity index (χ2v) is 9.56. The van der Waals surface area contributed by atoms with Crippen molar-refractivity contribution in [3.63, 3.8) is 0 Å². The molecule has 0 amide bonds. The molecule has 2 rings (SSSR count). The fourth-order valence-corrected chi connectivity index (χ4v) is 4.44. The van der Waals surface area contributed by atoms with Gasteiger partial charge in [0, 0.05) is 25.9 Å². The highest BCUT2D eigenvalue weighted by Gasteiger charge is 2.36. The van der Waals surface area contributed by atoms with Crippen LogP contribution in [0.1, 0.15) is 58.3 Å². The average molecular weight is 344 g/mol. The Morgan fingerprint density at radius 1 is 1.13 bits per heavy atom. The molecule has 1 saturated heterocycles. The largest absolute Gasteiger partial charge is 0.357 e. The van der Waals surface area contributed by atoms with Crippen molar-refractivity contribution in [2.24, 2.45) is 10.4 Å². The van der Waals surface area contributed by atoms with E-state index in [1.54, 1.807) is 0 Å². The third-order valence-corrected chi connectivity index (χ3v) is 6.11. The lowest BCUT2D eigenvalue weighted by Crippen LogP contribution is -2.50. The van der Waals surface area contributed by atoms with Crippen LogP contribution in [-0.4, -0.2) is 57.5 Å². The highest BCUT2D eigenvalue weighted by molar-refractivity contribution is 7.90. The second kappa shape index (κ2) is 8.36. The van der Waals surface area contributed by atoms with Gasteiger partial charge in [-0.05, 0) is 38.0 Å². The number of hydrogen-bond acceptors (Lipinski definition) is 3. The zero-order valence-corrected chi connectivity index (χ0v) is 15.6. The molecule has 1 heterocycles. The topological polar surface area (TPSA) is 61.8 Å². The van der Waals surface area contributed by atoms with Crippen molar-refractivity contribution in [3.8, 4) is 0 Å². The van der Waals surface area contributed by atoms with Gasteiger partial charge in [-0.25, -0.2) is 8.42 Å². The molecule has 0 aromatic carbocycles. The summed E-state index contributed by atoms with van der Waals surface area (Å²) in [6.07, 6.45) is 12.0. The number of guanidine groups is 1. The van der Waals surface area contributed by atoms with Crippen LogP contribution in [0.4, 0.5) is 0 Å². The number of hydrogen-bond donors (Lipinski definition) is 1. The minimum atomic E-state index is -2.95. The molecule has 0 aromatic rings. The first-order chi connectivity index (χ1) is 10.9. The van der Waals surface area contributed by atoms with Crippen LogP contribution in [0.25, 0.3) is 0 Å². The first-order valence-corrected chi connectivity index (χ1v) is 11.2.